The standard InChI is InChI=1S/C11H12ClFO3/c1-11(2,3)16-15-10(14)7-4-5-9(13)8(12)6-7/h4-6H,1-3H3. The molecule has 1 rings (SSSR count). The predicted octanol–water partition coefficient (Wildman–Crippen LogP) is 3.37. The first-order valence-corrected chi connectivity index (χ1v) is 5.02. The maximum atomic E-state index is 12.8. The van der Waals surface area contributed by atoms with Crippen molar-refractivity contribution in [1.29, 1.82) is 0 Å². The number of rotatable bonds is 2. The maximum absolute atomic E-state index is 12.8. The van der Waals surface area contributed by atoms with E-state index in [1.807, 2.05) is 0 Å². The summed E-state index contributed by atoms with van der Waals surface area (Å²) in [5.41, 5.74) is -0.463. The molecule has 0 aliphatic heterocycles. The smallest absolute Gasteiger partial charge is 0.292 e. The van der Waals surface area contributed by atoms with Crippen LogP contribution in [-0.4, -0.2) is 11.6 Å². The van der Waals surface area contributed by atoms with Crippen LogP contribution in [-0.2, 0) is 9.78 Å². The number of benzene rings is 1. The fourth-order valence-electron chi connectivity index (χ4n) is 0.834. The van der Waals surface area contributed by atoms with Gasteiger partial charge in [-0.2, -0.15) is 4.89 Å². The molecule has 0 spiro atoms. The molecular weight excluding hydrogens is 235 g/mol. The van der Waals surface area contributed by atoms with Crippen molar-refractivity contribution in [2.45, 2.75) is 26.4 Å². The van der Waals surface area contributed by atoms with Crippen LogP contribution in [0.2, 0.25) is 5.02 Å². The van der Waals surface area contributed by atoms with Crippen LogP contribution in [0.4, 0.5) is 4.39 Å². The summed E-state index contributed by atoms with van der Waals surface area (Å²) >= 11 is 5.52. The maximum Gasteiger partial charge on any atom is 0.373 e. The van der Waals surface area contributed by atoms with Gasteiger partial charge < -0.3 is 0 Å². The summed E-state index contributed by atoms with van der Waals surface area (Å²) in [6.45, 7) is 5.20. The second-order valence-corrected chi connectivity index (χ2v) is 4.60. The quantitative estimate of drug-likeness (QED) is 0.593. The molecular formula is C11H12ClFO3. The first kappa shape index (κ1) is 12.9. The molecule has 3 nitrogen and oxygen atoms in total. The monoisotopic (exact) mass is 246 g/mol. The molecule has 0 saturated carbocycles. The Balaban J connectivity index is 2.70. The van der Waals surface area contributed by atoms with Crippen molar-refractivity contribution in [2.24, 2.45) is 0 Å². The van der Waals surface area contributed by atoms with E-state index in [0.29, 0.717) is 0 Å². The summed E-state index contributed by atoms with van der Waals surface area (Å²) in [7, 11) is 0. The van der Waals surface area contributed by atoms with E-state index in [2.05, 4.69) is 4.89 Å². The Morgan fingerprint density at radius 2 is 2.00 bits per heavy atom. The first-order valence-electron chi connectivity index (χ1n) is 4.65. The number of hydrogen-bond donors (Lipinski definition) is 0. The molecule has 5 heteroatoms. The molecule has 0 saturated heterocycles. The van der Waals surface area contributed by atoms with Crippen LogP contribution in [0.15, 0.2) is 18.2 Å². The molecule has 0 aliphatic carbocycles. The van der Waals surface area contributed by atoms with Crippen LogP contribution >= 0.6 is 11.6 Å². The van der Waals surface area contributed by atoms with Crippen LogP contribution in [0.1, 0.15) is 31.1 Å². The van der Waals surface area contributed by atoms with Crippen molar-refractivity contribution in [2.75, 3.05) is 0 Å². The van der Waals surface area contributed by atoms with E-state index in [-0.39, 0.29) is 10.6 Å². The molecule has 0 unspecified atom stereocenters. The minimum Gasteiger partial charge on any atom is -0.292 e. The minimum absolute atomic E-state index is 0.134. The fourth-order valence-corrected chi connectivity index (χ4v) is 1.01. The fraction of sp³-hybridized carbons (Fsp3) is 0.364. The van der Waals surface area contributed by atoms with Gasteiger partial charge in [0.2, 0.25) is 0 Å². The highest BCUT2D eigenvalue weighted by Crippen LogP contribution is 2.17. The molecule has 0 amide bonds. The van der Waals surface area contributed by atoms with Gasteiger partial charge in [-0.1, -0.05) is 11.6 Å². The Morgan fingerprint density at radius 1 is 1.38 bits per heavy atom. The van der Waals surface area contributed by atoms with E-state index in [1.165, 1.54) is 12.1 Å². The highest BCUT2D eigenvalue weighted by atomic mass is 35.5. The zero-order chi connectivity index (χ0) is 12.3. The average molecular weight is 247 g/mol. The van der Waals surface area contributed by atoms with Gasteiger partial charge in [0, 0.05) is 0 Å². The molecule has 0 heterocycles. The van der Waals surface area contributed by atoms with Crippen LogP contribution in [0.25, 0.3) is 0 Å². The van der Waals surface area contributed by atoms with Crippen LogP contribution in [0.3, 0.4) is 0 Å². The van der Waals surface area contributed by atoms with E-state index < -0.39 is 17.4 Å². The Labute approximate surface area is 98.0 Å². The summed E-state index contributed by atoms with van der Waals surface area (Å²) in [5.74, 6) is -1.30. The Morgan fingerprint density at radius 3 is 2.50 bits per heavy atom. The molecule has 0 N–H and O–H groups in total. The summed E-state index contributed by atoms with van der Waals surface area (Å²) in [5, 5.41) is -0.134. The normalized spacial score (nSPS) is 11.3. The lowest BCUT2D eigenvalue weighted by Crippen LogP contribution is -2.21. The number of carbonyl (C=O) groups is 1. The van der Waals surface area contributed by atoms with Crippen molar-refractivity contribution >= 4 is 17.6 Å². The third kappa shape index (κ3) is 3.79. The zero-order valence-electron chi connectivity index (χ0n) is 9.21. The molecule has 1 aromatic rings. The average Bonchev–Trinajstić information content (AvgIpc) is 2.17. The number of carbonyl (C=O) groups excluding carboxylic acids is 1. The summed E-state index contributed by atoms with van der Waals surface area (Å²) in [6, 6.07) is 3.55. The second-order valence-electron chi connectivity index (χ2n) is 4.20. The number of hydrogen-bond acceptors (Lipinski definition) is 3. The lowest BCUT2D eigenvalue weighted by Gasteiger charge is -2.16. The van der Waals surface area contributed by atoms with Gasteiger partial charge >= 0.3 is 5.97 Å². The van der Waals surface area contributed by atoms with Gasteiger partial charge in [0.15, 0.2) is 0 Å². The Kier molecular flexibility index (Phi) is 3.88. The summed E-state index contributed by atoms with van der Waals surface area (Å²) in [6.07, 6.45) is 0. The van der Waals surface area contributed by atoms with Gasteiger partial charge in [0.05, 0.1) is 10.6 Å². The molecule has 0 bridgehead atoms. The second kappa shape index (κ2) is 4.80. The van der Waals surface area contributed by atoms with Crippen molar-refractivity contribution < 1.29 is 19.0 Å². The van der Waals surface area contributed by atoms with E-state index in [0.717, 1.165) is 6.07 Å². The van der Waals surface area contributed by atoms with Crippen LogP contribution in [0.5, 0.6) is 0 Å². The Hall–Kier alpha value is -1.13. The SMILES string of the molecule is CC(C)(C)OOC(=O)c1ccc(F)c(Cl)c1. The van der Waals surface area contributed by atoms with Gasteiger partial charge in [-0.05, 0) is 39.0 Å². The van der Waals surface area contributed by atoms with Crippen LogP contribution in [0, 0.1) is 5.82 Å². The van der Waals surface area contributed by atoms with Gasteiger partial charge in [0.25, 0.3) is 0 Å². The lowest BCUT2D eigenvalue weighted by atomic mass is 10.2. The molecule has 0 radical (unpaired) electrons. The van der Waals surface area contributed by atoms with Crippen molar-refractivity contribution in [1.82, 2.24) is 0 Å². The van der Waals surface area contributed by atoms with E-state index in [4.69, 9.17) is 16.5 Å². The van der Waals surface area contributed by atoms with Gasteiger partial charge in [0.1, 0.15) is 11.4 Å². The highest BCUT2D eigenvalue weighted by Gasteiger charge is 2.17. The Bertz CT molecular complexity index is 399. The van der Waals surface area contributed by atoms with Gasteiger partial charge in [-0.3, -0.25) is 4.89 Å². The van der Waals surface area contributed by atoms with E-state index in [9.17, 15) is 9.18 Å². The third-order valence-corrected chi connectivity index (χ3v) is 1.81. The minimum atomic E-state index is -0.711. The zero-order valence-corrected chi connectivity index (χ0v) is 9.97. The van der Waals surface area contributed by atoms with Gasteiger partial charge in [-0.15, -0.1) is 0 Å². The lowest BCUT2D eigenvalue weighted by molar-refractivity contribution is -0.301. The molecule has 0 fully saturated rings. The van der Waals surface area contributed by atoms with Crippen LogP contribution < -0.4 is 0 Å². The third-order valence-electron chi connectivity index (χ3n) is 1.52. The molecule has 0 aliphatic rings. The van der Waals surface area contributed by atoms with Crippen molar-refractivity contribution in [3.05, 3.63) is 34.6 Å². The summed E-state index contributed by atoms with van der Waals surface area (Å²) in [4.78, 5) is 20.8. The molecule has 0 aromatic heterocycles. The topological polar surface area (TPSA) is 35.5 Å². The molecule has 16 heavy (non-hydrogen) atoms. The van der Waals surface area contributed by atoms with E-state index in [1.54, 1.807) is 20.8 Å². The summed E-state index contributed by atoms with van der Waals surface area (Å²) < 4.78 is 12.8. The van der Waals surface area contributed by atoms with Gasteiger partial charge in [-0.25, -0.2) is 9.18 Å². The number of halogens is 2. The highest BCUT2D eigenvalue weighted by molar-refractivity contribution is 6.31. The molecule has 1 aromatic carbocycles. The van der Waals surface area contributed by atoms with Crippen molar-refractivity contribution in [3.8, 4) is 0 Å². The first-order chi connectivity index (χ1) is 7.29. The van der Waals surface area contributed by atoms with E-state index >= 15 is 0 Å². The van der Waals surface area contributed by atoms with Crippen molar-refractivity contribution in [3.63, 3.8) is 0 Å². The molecule has 88 valence electrons. The molecule has 0 atom stereocenters. The largest absolute Gasteiger partial charge is 0.373 e. The predicted molar refractivity (Wildman–Crippen MR) is 57.7 cm³/mol.